The summed E-state index contributed by atoms with van der Waals surface area (Å²) in [7, 11) is 0. The first kappa shape index (κ1) is 13.7. The van der Waals surface area contributed by atoms with Gasteiger partial charge >= 0.3 is 0 Å². The Morgan fingerprint density at radius 1 is 1.67 bits per heavy atom. The third-order valence-corrected chi connectivity index (χ3v) is 4.38. The Labute approximate surface area is 115 Å². The molecule has 1 heterocycles. The molecule has 7 heteroatoms. The first-order valence-electron chi connectivity index (χ1n) is 5.97. The molecular weight excluding hydrogens is 274 g/mol. The van der Waals surface area contributed by atoms with Gasteiger partial charge in [-0.1, -0.05) is 31.1 Å². The van der Waals surface area contributed by atoms with E-state index in [1.807, 2.05) is 0 Å². The number of amides is 1. The highest BCUT2D eigenvalue weighted by Gasteiger charge is 2.36. The van der Waals surface area contributed by atoms with Crippen LogP contribution in [0.5, 0.6) is 0 Å². The largest absolute Gasteiger partial charge is 0.394 e. The smallest absolute Gasteiger partial charge is 0.282 e. The van der Waals surface area contributed by atoms with Crippen LogP contribution >= 0.6 is 22.9 Å². The number of hydrogen-bond acceptors (Lipinski definition) is 5. The Kier molecular flexibility index (Phi) is 4.19. The molecule has 18 heavy (non-hydrogen) atoms. The van der Waals surface area contributed by atoms with Crippen LogP contribution in [0.3, 0.4) is 0 Å². The van der Waals surface area contributed by atoms with Crippen molar-refractivity contribution in [2.75, 3.05) is 6.61 Å². The standard InChI is InChI=1S/C11H16ClN3O2S/c1-7-3-2-4-11(5-7,6-16)13-8(17)9-14-15-10(12)18-9/h7,16H,2-6H2,1H3,(H,13,17). The van der Waals surface area contributed by atoms with E-state index < -0.39 is 5.54 Å². The molecule has 1 amide bonds. The first-order chi connectivity index (χ1) is 8.54. The van der Waals surface area contributed by atoms with Gasteiger partial charge in [0.2, 0.25) is 9.47 Å². The lowest BCUT2D eigenvalue weighted by Crippen LogP contribution is -2.53. The third kappa shape index (κ3) is 2.99. The summed E-state index contributed by atoms with van der Waals surface area (Å²) in [5, 5.41) is 20.0. The van der Waals surface area contributed by atoms with Crippen molar-refractivity contribution >= 4 is 28.8 Å². The third-order valence-electron chi connectivity index (χ3n) is 3.37. The maximum Gasteiger partial charge on any atom is 0.282 e. The van der Waals surface area contributed by atoms with E-state index in [0.717, 1.165) is 37.0 Å². The van der Waals surface area contributed by atoms with Crippen molar-refractivity contribution in [3.05, 3.63) is 9.47 Å². The molecule has 0 radical (unpaired) electrons. The molecule has 100 valence electrons. The molecule has 1 aromatic heterocycles. The van der Waals surface area contributed by atoms with Crippen LogP contribution in [-0.2, 0) is 0 Å². The zero-order valence-electron chi connectivity index (χ0n) is 10.1. The van der Waals surface area contributed by atoms with Crippen molar-refractivity contribution in [2.45, 2.75) is 38.1 Å². The molecule has 1 saturated carbocycles. The summed E-state index contributed by atoms with van der Waals surface area (Å²) in [5.74, 6) is 0.201. The zero-order chi connectivity index (χ0) is 13.2. The lowest BCUT2D eigenvalue weighted by molar-refractivity contribution is 0.0696. The molecule has 2 atom stereocenters. The topological polar surface area (TPSA) is 75.1 Å². The maximum atomic E-state index is 12.0. The minimum absolute atomic E-state index is 0.0460. The summed E-state index contributed by atoms with van der Waals surface area (Å²) >= 11 is 6.70. The van der Waals surface area contributed by atoms with E-state index in [4.69, 9.17) is 11.6 Å². The second-order valence-corrected chi connectivity index (χ2v) is 6.51. The highest BCUT2D eigenvalue weighted by molar-refractivity contribution is 7.17. The lowest BCUT2D eigenvalue weighted by Gasteiger charge is -2.39. The van der Waals surface area contributed by atoms with Gasteiger partial charge in [0, 0.05) is 0 Å². The lowest BCUT2D eigenvalue weighted by atomic mass is 9.77. The molecule has 1 aliphatic rings. The van der Waals surface area contributed by atoms with Gasteiger partial charge in [0.25, 0.3) is 5.91 Å². The Balaban J connectivity index is 2.08. The van der Waals surface area contributed by atoms with Gasteiger partial charge in [-0.3, -0.25) is 4.79 Å². The molecule has 0 saturated heterocycles. The second-order valence-electron chi connectivity index (χ2n) is 4.95. The van der Waals surface area contributed by atoms with E-state index in [0.29, 0.717) is 5.92 Å². The average molecular weight is 290 g/mol. The fraction of sp³-hybridized carbons (Fsp3) is 0.727. The van der Waals surface area contributed by atoms with Crippen LogP contribution in [0.2, 0.25) is 4.47 Å². The van der Waals surface area contributed by atoms with E-state index in [2.05, 4.69) is 22.4 Å². The molecule has 2 rings (SSSR count). The van der Waals surface area contributed by atoms with E-state index in [1.165, 1.54) is 0 Å². The monoisotopic (exact) mass is 289 g/mol. The SMILES string of the molecule is CC1CCCC(CO)(NC(=O)c2nnc(Cl)s2)C1. The minimum Gasteiger partial charge on any atom is -0.394 e. The molecule has 0 spiro atoms. The van der Waals surface area contributed by atoms with Gasteiger partial charge in [0.05, 0.1) is 12.1 Å². The fourth-order valence-electron chi connectivity index (χ4n) is 2.55. The van der Waals surface area contributed by atoms with Gasteiger partial charge < -0.3 is 10.4 Å². The summed E-state index contributed by atoms with van der Waals surface area (Å²) in [6.45, 7) is 2.09. The van der Waals surface area contributed by atoms with Crippen LogP contribution in [-0.4, -0.2) is 33.4 Å². The van der Waals surface area contributed by atoms with E-state index >= 15 is 0 Å². The van der Waals surface area contributed by atoms with Crippen LogP contribution in [0.4, 0.5) is 0 Å². The van der Waals surface area contributed by atoms with Crippen molar-refractivity contribution in [1.82, 2.24) is 15.5 Å². The normalized spacial score (nSPS) is 28.1. The number of carbonyl (C=O) groups excluding carboxylic acids is 1. The van der Waals surface area contributed by atoms with Gasteiger partial charge in [0.1, 0.15) is 0 Å². The van der Waals surface area contributed by atoms with Crippen molar-refractivity contribution in [3.63, 3.8) is 0 Å². The molecule has 5 nitrogen and oxygen atoms in total. The Bertz CT molecular complexity index is 440. The average Bonchev–Trinajstić information content (AvgIpc) is 2.76. The fourth-order valence-corrected chi connectivity index (χ4v) is 3.27. The molecule has 2 unspecified atom stereocenters. The summed E-state index contributed by atoms with van der Waals surface area (Å²) in [5.41, 5.74) is -0.521. The molecule has 0 aromatic carbocycles. The number of aromatic nitrogens is 2. The van der Waals surface area contributed by atoms with Gasteiger partial charge in [-0.15, -0.1) is 10.2 Å². The Morgan fingerprint density at radius 2 is 2.44 bits per heavy atom. The number of nitrogens with zero attached hydrogens (tertiary/aromatic N) is 2. The van der Waals surface area contributed by atoms with E-state index in [9.17, 15) is 9.90 Å². The highest BCUT2D eigenvalue weighted by Crippen LogP contribution is 2.32. The van der Waals surface area contributed by atoms with Gasteiger partial charge in [-0.2, -0.15) is 0 Å². The summed E-state index contributed by atoms with van der Waals surface area (Å²) in [6.07, 6.45) is 3.75. The number of hydrogen-bond donors (Lipinski definition) is 2. The predicted octanol–water partition coefficient (Wildman–Crippen LogP) is 1.86. The molecule has 1 fully saturated rings. The zero-order valence-corrected chi connectivity index (χ0v) is 11.7. The van der Waals surface area contributed by atoms with Crippen LogP contribution in [0.15, 0.2) is 0 Å². The number of rotatable bonds is 3. The molecule has 0 bridgehead atoms. The van der Waals surface area contributed by atoms with E-state index in [-0.39, 0.29) is 22.0 Å². The second kappa shape index (κ2) is 5.50. The van der Waals surface area contributed by atoms with Gasteiger partial charge in [0.15, 0.2) is 0 Å². The number of carbonyl (C=O) groups is 1. The van der Waals surface area contributed by atoms with Crippen LogP contribution < -0.4 is 5.32 Å². The predicted molar refractivity (Wildman–Crippen MR) is 69.8 cm³/mol. The van der Waals surface area contributed by atoms with E-state index in [1.54, 1.807) is 0 Å². The Morgan fingerprint density at radius 3 is 3.00 bits per heavy atom. The quantitative estimate of drug-likeness (QED) is 0.891. The van der Waals surface area contributed by atoms with Crippen molar-refractivity contribution in [1.29, 1.82) is 0 Å². The number of halogens is 1. The van der Waals surface area contributed by atoms with Crippen LogP contribution in [0.1, 0.15) is 42.4 Å². The first-order valence-corrected chi connectivity index (χ1v) is 7.16. The van der Waals surface area contributed by atoms with Gasteiger partial charge in [-0.05, 0) is 30.4 Å². The molecule has 0 aliphatic heterocycles. The Hall–Kier alpha value is -0.720. The summed E-state index contributed by atoms with van der Waals surface area (Å²) < 4.78 is 0.246. The number of nitrogens with one attached hydrogen (secondary N) is 1. The summed E-state index contributed by atoms with van der Waals surface area (Å²) in [6, 6.07) is 0. The van der Waals surface area contributed by atoms with Crippen molar-refractivity contribution in [3.8, 4) is 0 Å². The number of aliphatic hydroxyl groups excluding tert-OH is 1. The van der Waals surface area contributed by atoms with Crippen LogP contribution in [0, 0.1) is 5.92 Å². The van der Waals surface area contributed by atoms with Crippen LogP contribution in [0.25, 0.3) is 0 Å². The molecule has 1 aromatic rings. The minimum atomic E-state index is -0.521. The highest BCUT2D eigenvalue weighted by atomic mass is 35.5. The van der Waals surface area contributed by atoms with Gasteiger partial charge in [-0.25, -0.2) is 0 Å². The summed E-state index contributed by atoms with van der Waals surface area (Å²) in [4.78, 5) is 12.0. The van der Waals surface area contributed by atoms with Crippen molar-refractivity contribution in [2.24, 2.45) is 5.92 Å². The molecule has 1 aliphatic carbocycles. The van der Waals surface area contributed by atoms with Crippen molar-refractivity contribution < 1.29 is 9.90 Å². The number of aliphatic hydroxyl groups is 1. The maximum absolute atomic E-state index is 12.0. The molecule has 2 N–H and O–H groups in total. The molecular formula is C11H16ClN3O2S.